The van der Waals surface area contributed by atoms with Gasteiger partial charge < -0.3 is 14.4 Å². The average molecular weight is 710 g/mol. The van der Waals surface area contributed by atoms with E-state index < -0.39 is 0 Å². The summed E-state index contributed by atoms with van der Waals surface area (Å²) < 4.78 is 5.25. The van der Waals surface area contributed by atoms with Gasteiger partial charge in [0.1, 0.15) is 0 Å². The number of hydrogen-bond acceptors (Lipinski definition) is 3. The van der Waals surface area contributed by atoms with Gasteiger partial charge in [0.05, 0.1) is 33.8 Å². The summed E-state index contributed by atoms with van der Waals surface area (Å²) >= 11 is 1.97. The zero-order chi connectivity index (χ0) is 36.0. The number of rotatable bonds is 2. The van der Waals surface area contributed by atoms with E-state index in [0.717, 1.165) is 0 Å². The minimum atomic E-state index is 0.0675. The molecule has 3 aliphatic rings. The monoisotopic (exact) mass is 709 g/mol. The maximum atomic E-state index is 2.60. The van der Waals surface area contributed by atoms with Crippen LogP contribution in [0.15, 0.2) is 146 Å². The molecule has 0 atom stereocenters. The topological polar surface area (TPSA) is 11.4 Å². The Labute approximate surface area is 319 Å². The Bertz CT molecular complexity index is 3060. The van der Waals surface area contributed by atoms with Gasteiger partial charge in [-0.05, 0) is 100 Å². The van der Waals surface area contributed by atoms with Crippen molar-refractivity contribution in [2.45, 2.75) is 33.1 Å². The van der Waals surface area contributed by atoms with Crippen molar-refractivity contribution in [2.24, 2.45) is 0 Å². The van der Waals surface area contributed by atoms with Gasteiger partial charge in [0.2, 0.25) is 0 Å². The number of anilines is 6. The molecule has 0 N–H and O–H groups in total. The molecule has 9 aromatic rings. The average Bonchev–Trinajstić information content (AvgIpc) is 3.74. The second-order valence-electron chi connectivity index (χ2n) is 16.3. The Morgan fingerprint density at radius 3 is 2.09 bits per heavy atom. The summed E-state index contributed by atoms with van der Waals surface area (Å²) in [6, 6.07) is 54.9. The number of fused-ring (bicyclic) bond motifs is 11. The first-order valence-electron chi connectivity index (χ1n) is 19.0. The van der Waals surface area contributed by atoms with Gasteiger partial charge >= 0.3 is 0 Å². The fourth-order valence-electron chi connectivity index (χ4n) is 9.70. The molecule has 5 heterocycles. The summed E-state index contributed by atoms with van der Waals surface area (Å²) in [4.78, 5) is 5.19. The molecular weight excluding hydrogens is 673 g/mol. The quantitative estimate of drug-likeness (QED) is 0.166. The number of hydrogen-bond donors (Lipinski definition) is 0. The molecule has 0 saturated heterocycles. The third-order valence-electron chi connectivity index (χ3n) is 12.1. The van der Waals surface area contributed by atoms with Crippen LogP contribution in [0.3, 0.4) is 0 Å². The molecule has 7 aromatic carbocycles. The Kier molecular flexibility index (Phi) is 5.95. The third-order valence-corrected chi connectivity index (χ3v) is 13.3. The Hall–Kier alpha value is -6.04. The van der Waals surface area contributed by atoms with E-state index in [9.17, 15) is 0 Å². The van der Waals surface area contributed by atoms with E-state index in [4.69, 9.17) is 0 Å². The molecule has 0 bridgehead atoms. The lowest BCUT2D eigenvalue weighted by Gasteiger charge is -2.45. The highest BCUT2D eigenvalue weighted by molar-refractivity contribution is 7.33. The summed E-state index contributed by atoms with van der Waals surface area (Å²) in [6.45, 7) is 9.24. The first-order valence-corrected chi connectivity index (χ1v) is 19.8. The Morgan fingerprint density at radius 1 is 0.556 bits per heavy atom. The SMILES string of the molecule is Cc1cc2c3c(c1)N1c4c(cccc4-n4c5ccccc5c5cccc1c54)B3c1sc3ccc(-c4ccccc4)cc3c1N2c1ccc(C(C)(C)C)cc1. The van der Waals surface area contributed by atoms with Crippen molar-refractivity contribution in [1.82, 2.24) is 4.57 Å². The van der Waals surface area contributed by atoms with Crippen molar-refractivity contribution < 1.29 is 0 Å². The molecule has 2 aromatic heterocycles. The van der Waals surface area contributed by atoms with Crippen LogP contribution in [-0.2, 0) is 5.41 Å². The minimum absolute atomic E-state index is 0.0675. The summed E-state index contributed by atoms with van der Waals surface area (Å²) in [6.07, 6.45) is 0. The van der Waals surface area contributed by atoms with Gasteiger partial charge in [-0.25, -0.2) is 0 Å². The largest absolute Gasteiger partial charge is 0.310 e. The van der Waals surface area contributed by atoms with E-state index in [-0.39, 0.29) is 12.1 Å². The first-order chi connectivity index (χ1) is 26.3. The van der Waals surface area contributed by atoms with E-state index in [2.05, 4.69) is 188 Å². The molecule has 0 aliphatic carbocycles. The normalized spacial score (nSPS) is 13.8. The highest BCUT2D eigenvalue weighted by atomic mass is 32.1. The summed E-state index contributed by atoms with van der Waals surface area (Å²) in [5, 5.41) is 3.90. The fraction of sp³-hybridized carbons (Fsp3) is 0.102. The standard InChI is InChI=1S/C49H36BN3S/c1-29-26-41-44-42(27-29)53-39-18-10-15-35-34-14-8-9-17-38(34)52(45(35)39)40-19-11-16-37(47(40)53)50(44)48-46(51(41)33-23-21-32(22-24-33)49(2,3)4)36-28-31(20-25-43(36)54-48)30-12-6-5-7-13-30/h5-28H,1-4H3. The molecule has 0 fully saturated rings. The van der Waals surface area contributed by atoms with Crippen molar-refractivity contribution in [1.29, 1.82) is 0 Å². The molecule has 256 valence electrons. The van der Waals surface area contributed by atoms with Crippen LogP contribution in [0, 0.1) is 6.92 Å². The fourth-order valence-corrected chi connectivity index (χ4v) is 11.0. The molecule has 54 heavy (non-hydrogen) atoms. The van der Waals surface area contributed by atoms with E-state index in [1.807, 2.05) is 11.3 Å². The van der Waals surface area contributed by atoms with Crippen LogP contribution in [0.5, 0.6) is 0 Å². The van der Waals surface area contributed by atoms with E-state index in [1.165, 1.54) is 110 Å². The second kappa shape index (κ2) is 10.6. The van der Waals surface area contributed by atoms with Crippen molar-refractivity contribution in [3.05, 3.63) is 157 Å². The Balaban J connectivity index is 1.21. The molecule has 12 rings (SSSR count). The highest BCUT2D eigenvalue weighted by Crippen LogP contribution is 2.53. The molecule has 5 heteroatoms. The van der Waals surface area contributed by atoms with E-state index >= 15 is 0 Å². The summed E-state index contributed by atoms with van der Waals surface area (Å²) in [5.74, 6) is 0. The molecule has 3 nitrogen and oxygen atoms in total. The first kappa shape index (κ1) is 30.4. The second-order valence-corrected chi connectivity index (χ2v) is 17.3. The number of para-hydroxylation sites is 3. The summed E-state index contributed by atoms with van der Waals surface area (Å²) in [5.41, 5.74) is 19.3. The minimum Gasteiger partial charge on any atom is -0.310 e. The smallest absolute Gasteiger partial charge is 0.264 e. The number of aryl methyl sites for hydroxylation is 1. The van der Waals surface area contributed by atoms with Gasteiger partial charge in [-0.2, -0.15) is 0 Å². The van der Waals surface area contributed by atoms with Crippen molar-refractivity contribution in [3.8, 4) is 16.8 Å². The molecule has 0 spiro atoms. The number of benzene rings is 7. The van der Waals surface area contributed by atoms with Crippen molar-refractivity contribution in [3.63, 3.8) is 0 Å². The van der Waals surface area contributed by atoms with E-state index in [1.54, 1.807) is 0 Å². The predicted octanol–water partition coefficient (Wildman–Crippen LogP) is 11.7. The molecule has 0 saturated carbocycles. The maximum absolute atomic E-state index is 2.60. The van der Waals surface area contributed by atoms with E-state index in [0.29, 0.717) is 0 Å². The van der Waals surface area contributed by atoms with Gasteiger partial charge in [-0.15, -0.1) is 11.3 Å². The maximum Gasteiger partial charge on any atom is 0.264 e. The lowest BCUT2D eigenvalue weighted by Crippen LogP contribution is -2.61. The molecule has 0 unspecified atom stereocenters. The number of aromatic nitrogens is 1. The van der Waals surface area contributed by atoms with Crippen LogP contribution in [0.1, 0.15) is 31.9 Å². The van der Waals surface area contributed by atoms with Crippen LogP contribution in [0.4, 0.5) is 34.1 Å². The van der Waals surface area contributed by atoms with Gasteiger partial charge in [0.25, 0.3) is 6.71 Å². The third kappa shape index (κ3) is 3.92. The van der Waals surface area contributed by atoms with Crippen LogP contribution < -0.4 is 25.5 Å². The number of thiophene rings is 1. The zero-order valence-corrected chi connectivity index (χ0v) is 31.5. The number of nitrogens with zero attached hydrogens (tertiary/aromatic N) is 3. The summed E-state index contributed by atoms with van der Waals surface area (Å²) in [7, 11) is 0. The van der Waals surface area contributed by atoms with Crippen molar-refractivity contribution in [2.75, 3.05) is 9.80 Å². The van der Waals surface area contributed by atoms with Gasteiger partial charge in [0, 0.05) is 42.7 Å². The van der Waals surface area contributed by atoms with Crippen LogP contribution >= 0.6 is 11.3 Å². The van der Waals surface area contributed by atoms with Gasteiger partial charge in [-0.1, -0.05) is 112 Å². The zero-order valence-electron chi connectivity index (χ0n) is 30.7. The predicted molar refractivity (Wildman–Crippen MR) is 233 cm³/mol. The van der Waals surface area contributed by atoms with Crippen molar-refractivity contribution >= 4 is 99.8 Å². The van der Waals surface area contributed by atoms with Gasteiger partial charge in [-0.3, -0.25) is 0 Å². The van der Waals surface area contributed by atoms with Crippen LogP contribution in [-0.4, -0.2) is 11.3 Å². The Morgan fingerprint density at radius 2 is 1.28 bits per heavy atom. The van der Waals surface area contributed by atoms with Crippen LogP contribution in [0.2, 0.25) is 0 Å². The molecular formula is C49H36BN3S. The lowest BCUT2D eigenvalue weighted by atomic mass is 9.36. The molecule has 3 aliphatic heterocycles. The molecule has 0 radical (unpaired) electrons. The lowest BCUT2D eigenvalue weighted by molar-refractivity contribution is 0.590. The molecule has 0 amide bonds. The highest BCUT2D eigenvalue weighted by Gasteiger charge is 2.47. The van der Waals surface area contributed by atoms with Crippen LogP contribution in [0.25, 0.3) is 48.7 Å². The van der Waals surface area contributed by atoms with Gasteiger partial charge in [0.15, 0.2) is 0 Å².